The van der Waals surface area contributed by atoms with Crippen LogP contribution in [0.15, 0.2) is 53.0 Å². The smallest absolute Gasteiger partial charge is 0.329 e. The number of ether oxygens (including phenoxy) is 1. The third-order valence-electron chi connectivity index (χ3n) is 6.32. The number of benzene rings is 2. The highest BCUT2D eigenvalue weighted by Crippen LogP contribution is 2.55. The molecule has 32 heavy (non-hydrogen) atoms. The Hall–Kier alpha value is -2.71. The van der Waals surface area contributed by atoms with Gasteiger partial charge in [0.05, 0.1) is 18.9 Å². The van der Waals surface area contributed by atoms with E-state index in [1.165, 1.54) is 12.0 Å². The maximum Gasteiger partial charge on any atom is 0.329 e. The Kier molecular flexibility index (Phi) is 5.41. The Balaban J connectivity index is 1.99. The molecule has 7 nitrogen and oxygen atoms in total. The first kappa shape index (κ1) is 22.5. The van der Waals surface area contributed by atoms with E-state index >= 15 is 0 Å². The highest BCUT2D eigenvalue weighted by Gasteiger charge is 2.70. The molecule has 0 radical (unpaired) electrons. The Morgan fingerprint density at radius 3 is 2.34 bits per heavy atom. The topological polar surface area (TPSA) is 95.9 Å². The molecule has 8 heteroatoms. The number of aliphatic carboxylic acids is 1. The number of carbonyl (C=O) groups excluding carboxylic acids is 2. The number of carboxylic acid groups (broad SMARTS) is 1. The molecule has 168 valence electrons. The van der Waals surface area contributed by atoms with Crippen LogP contribution in [0.5, 0.6) is 5.75 Å². The number of halogens is 1. The van der Waals surface area contributed by atoms with Crippen LogP contribution >= 0.6 is 15.9 Å². The van der Waals surface area contributed by atoms with E-state index in [1.807, 2.05) is 0 Å². The van der Waals surface area contributed by atoms with Gasteiger partial charge in [-0.05, 0) is 44.5 Å². The lowest BCUT2D eigenvalue weighted by molar-refractivity contribution is -0.154. The number of carboxylic acids is 1. The van der Waals surface area contributed by atoms with Gasteiger partial charge in [-0.3, -0.25) is 19.8 Å². The zero-order chi connectivity index (χ0) is 23.4. The van der Waals surface area contributed by atoms with Gasteiger partial charge >= 0.3 is 5.97 Å². The van der Waals surface area contributed by atoms with Crippen molar-refractivity contribution in [2.75, 3.05) is 7.11 Å². The average molecular weight is 501 g/mol. The molecule has 2 aromatic carbocycles. The van der Waals surface area contributed by atoms with Gasteiger partial charge in [-0.2, -0.15) is 0 Å². The fourth-order valence-corrected chi connectivity index (χ4v) is 5.45. The first-order chi connectivity index (χ1) is 15.0. The third kappa shape index (κ3) is 3.16. The van der Waals surface area contributed by atoms with Crippen molar-refractivity contribution < 1.29 is 24.2 Å². The van der Waals surface area contributed by atoms with Crippen molar-refractivity contribution in [1.29, 1.82) is 0 Å². The van der Waals surface area contributed by atoms with Crippen molar-refractivity contribution in [1.82, 2.24) is 10.2 Å². The van der Waals surface area contributed by atoms with Crippen molar-refractivity contribution in [3.05, 3.63) is 64.1 Å². The average Bonchev–Trinajstić information content (AvgIpc) is 3.23. The van der Waals surface area contributed by atoms with Gasteiger partial charge in [0, 0.05) is 21.6 Å². The lowest BCUT2D eigenvalue weighted by Gasteiger charge is -2.35. The van der Waals surface area contributed by atoms with Crippen LogP contribution in [0.2, 0.25) is 0 Å². The monoisotopic (exact) mass is 500 g/mol. The van der Waals surface area contributed by atoms with Crippen LogP contribution in [0.25, 0.3) is 0 Å². The number of fused-ring (bicyclic) bond motifs is 1. The molecule has 0 spiro atoms. The Bertz CT molecular complexity index is 1100. The van der Waals surface area contributed by atoms with Crippen molar-refractivity contribution >= 4 is 33.7 Å². The third-order valence-corrected chi connectivity index (χ3v) is 6.82. The molecule has 4 atom stereocenters. The van der Waals surface area contributed by atoms with Gasteiger partial charge in [-0.15, -0.1) is 0 Å². The number of carbonyl (C=O) groups is 3. The number of nitrogens with one attached hydrogen (secondary N) is 1. The zero-order valence-corrected chi connectivity index (χ0v) is 19.8. The highest BCUT2D eigenvalue weighted by molar-refractivity contribution is 9.10. The summed E-state index contributed by atoms with van der Waals surface area (Å²) in [5.74, 6) is -3.57. The second kappa shape index (κ2) is 7.71. The molecule has 4 unspecified atom stereocenters. The molecule has 2 amide bonds. The Morgan fingerprint density at radius 1 is 1.12 bits per heavy atom. The van der Waals surface area contributed by atoms with E-state index in [2.05, 4.69) is 21.2 Å². The molecule has 0 aliphatic carbocycles. The second-order valence-corrected chi connectivity index (χ2v) is 10.1. The largest absolute Gasteiger partial charge is 0.496 e. The quantitative estimate of drug-likeness (QED) is 0.623. The summed E-state index contributed by atoms with van der Waals surface area (Å²) in [5, 5.41) is 13.7. The highest BCUT2D eigenvalue weighted by atomic mass is 79.9. The predicted molar refractivity (Wildman–Crippen MR) is 121 cm³/mol. The maximum atomic E-state index is 13.7. The molecular weight excluding hydrogens is 476 g/mol. The summed E-state index contributed by atoms with van der Waals surface area (Å²) < 4.78 is 6.29. The SMILES string of the molecule is COc1ccc(Br)cc1C1NC(C(=O)O)(c2ccccc2)C2C(=O)N(C(C)(C)C)C(=O)C12. The van der Waals surface area contributed by atoms with Gasteiger partial charge in [-0.25, -0.2) is 4.79 Å². The van der Waals surface area contributed by atoms with Crippen LogP contribution in [0.3, 0.4) is 0 Å². The van der Waals surface area contributed by atoms with Crippen LogP contribution in [0, 0.1) is 11.8 Å². The number of hydrogen-bond donors (Lipinski definition) is 2. The Morgan fingerprint density at radius 2 is 1.78 bits per heavy atom. The minimum atomic E-state index is -1.77. The Labute approximate surface area is 194 Å². The van der Waals surface area contributed by atoms with Crippen LogP contribution in [-0.2, 0) is 19.9 Å². The van der Waals surface area contributed by atoms with Gasteiger partial charge in [-0.1, -0.05) is 46.3 Å². The summed E-state index contributed by atoms with van der Waals surface area (Å²) in [6.07, 6.45) is 0. The molecule has 2 aromatic rings. The van der Waals surface area contributed by atoms with Crippen molar-refractivity contribution in [2.45, 2.75) is 37.9 Å². The summed E-state index contributed by atoms with van der Waals surface area (Å²) in [5.41, 5.74) is -1.51. The lowest BCUT2D eigenvalue weighted by atomic mass is 9.75. The first-order valence-electron chi connectivity index (χ1n) is 10.3. The standard InChI is InChI=1S/C24H25BrN2O5/c1-23(2,3)27-20(28)17-18(21(27)29)24(22(30)31,13-8-6-5-7-9-13)26-19(17)15-12-14(25)10-11-16(15)32-4/h5-12,17-19,26H,1-4H3,(H,30,31). The van der Waals surface area contributed by atoms with E-state index in [0.29, 0.717) is 16.9 Å². The number of imide groups is 1. The van der Waals surface area contributed by atoms with E-state index < -0.39 is 40.8 Å². The van der Waals surface area contributed by atoms with Crippen LogP contribution in [-0.4, -0.2) is 40.4 Å². The van der Waals surface area contributed by atoms with Gasteiger partial charge < -0.3 is 9.84 Å². The molecule has 2 N–H and O–H groups in total. The molecule has 0 saturated carbocycles. The van der Waals surface area contributed by atoms with Crippen molar-refractivity contribution in [2.24, 2.45) is 11.8 Å². The molecule has 2 aliphatic heterocycles. The summed E-state index contributed by atoms with van der Waals surface area (Å²) in [7, 11) is 1.52. The van der Waals surface area contributed by atoms with Crippen LogP contribution < -0.4 is 10.1 Å². The van der Waals surface area contributed by atoms with Gasteiger partial charge in [0.15, 0.2) is 5.54 Å². The van der Waals surface area contributed by atoms with Crippen molar-refractivity contribution in [3.8, 4) is 5.75 Å². The number of methoxy groups -OCH3 is 1. The number of nitrogens with zero attached hydrogens (tertiary/aromatic N) is 1. The summed E-state index contributed by atoms with van der Waals surface area (Å²) in [6, 6.07) is 13.2. The maximum absolute atomic E-state index is 13.7. The number of amides is 2. The molecule has 2 aliphatic rings. The molecule has 0 bridgehead atoms. The lowest BCUT2D eigenvalue weighted by Crippen LogP contribution is -2.55. The predicted octanol–water partition coefficient (Wildman–Crippen LogP) is 3.48. The van der Waals surface area contributed by atoms with Crippen LogP contribution in [0.1, 0.15) is 37.9 Å². The molecule has 2 heterocycles. The molecule has 0 aromatic heterocycles. The second-order valence-electron chi connectivity index (χ2n) is 9.17. The van der Waals surface area contributed by atoms with Gasteiger partial charge in [0.25, 0.3) is 0 Å². The molecule has 2 saturated heterocycles. The minimum absolute atomic E-state index is 0.383. The van der Waals surface area contributed by atoms with Crippen LogP contribution in [0.4, 0.5) is 0 Å². The van der Waals surface area contributed by atoms with Gasteiger partial charge in [0.2, 0.25) is 11.8 Å². The van der Waals surface area contributed by atoms with E-state index in [4.69, 9.17) is 4.74 Å². The minimum Gasteiger partial charge on any atom is -0.496 e. The van der Waals surface area contributed by atoms with E-state index in [0.717, 1.165) is 4.47 Å². The van der Waals surface area contributed by atoms with E-state index in [9.17, 15) is 19.5 Å². The fourth-order valence-electron chi connectivity index (χ4n) is 5.07. The normalized spacial score (nSPS) is 27.5. The molecule has 4 rings (SSSR count). The number of likely N-dealkylation sites (tertiary alicyclic amines) is 1. The fraction of sp³-hybridized carbons (Fsp3) is 0.375. The summed E-state index contributed by atoms with van der Waals surface area (Å²) in [4.78, 5) is 41.5. The molecular formula is C24H25BrN2O5. The van der Waals surface area contributed by atoms with E-state index in [1.54, 1.807) is 69.3 Å². The zero-order valence-electron chi connectivity index (χ0n) is 18.3. The molecule has 2 fully saturated rings. The van der Waals surface area contributed by atoms with Gasteiger partial charge in [0.1, 0.15) is 5.75 Å². The summed E-state index contributed by atoms with van der Waals surface area (Å²) >= 11 is 3.46. The van der Waals surface area contributed by atoms with E-state index in [-0.39, 0.29) is 5.91 Å². The van der Waals surface area contributed by atoms with Crippen molar-refractivity contribution in [3.63, 3.8) is 0 Å². The number of hydrogen-bond acceptors (Lipinski definition) is 5. The first-order valence-corrected chi connectivity index (χ1v) is 11.1. The number of rotatable bonds is 4. The summed E-state index contributed by atoms with van der Waals surface area (Å²) in [6.45, 7) is 5.32.